The predicted octanol–water partition coefficient (Wildman–Crippen LogP) is 18.6. The third kappa shape index (κ3) is 7.98. The van der Waals surface area contributed by atoms with E-state index in [9.17, 15) is 44.8 Å². The van der Waals surface area contributed by atoms with E-state index >= 15 is 0 Å². The van der Waals surface area contributed by atoms with E-state index in [0.29, 0.717) is 78.0 Å². The molecule has 0 radical (unpaired) electrons. The summed E-state index contributed by atoms with van der Waals surface area (Å²) in [5, 5.41) is 12.3. The highest BCUT2D eigenvalue weighted by molar-refractivity contribution is 6.12. The molecule has 0 amide bonds. The molecule has 0 unspecified atom stereocenters. The molecule has 74 heavy (non-hydrogen) atoms. The Morgan fingerprint density at radius 3 is 1.58 bits per heavy atom. The van der Waals surface area contributed by atoms with Crippen molar-refractivity contribution in [1.29, 1.82) is 5.26 Å². The number of rotatable bonds is 6. The van der Waals surface area contributed by atoms with Crippen molar-refractivity contribution >= 4 is 49.3 Å². The van der Waals surface area contributed by atoms with Crippen molar-refractivity contribution in [3.05, 3.63) is 221 Å². The average Bonchev–Trinajstić information content (AvgIpc) is 3.90. The summed E-state index contributed by atoms with van der Waals surface area (Å²) >= 11 is 0. The number of halogens is 9. The Bertz CT molecular complexity index is 4210. The first-order valence-electron chi connectivity index (χ1n) is 23.0. The fraction of sp³-hybridized carbons (Fsp3) is 0.0820. The molecule has 0 fully saturated rings. The number of benzene rings is 9. The molecule has 0 spiro atoms. The minimum atomic E-state index is -5.10. The van der Waals surface area contributed by atoms with E-state index < -0.39 is 40.8 Å². The van der Waals surface area contributed by atoms with E-state index in [2.05, 4.69) is 10.9 Å². The van der Waals surface area contributed by atoms with Gasteiger partial charge in [-0.1, -0.05) is 90.5 Å². The summed E-state index contributed by atoms with van der Waals surface area (Å²) < 4.78 is 132. The normalized spacial score (nSPS) is 12.2. The van der Waals surface area contributed by atoms with E-state index in [4.69, 9.17) is 6.57 Å². The standard InChI is InChI=1S/C61H35F9N4/c1-34-12-19-43(51(26-34)60(65,66)67)38-16-25-57-49(30-38)46-9-5-7-11-55(46)74(57)58-24-14-37(42-20-13-36(33-71)27-35(42)2)28-50(58)47-32-41(18-22-53(47)72-3)73-54-10-6-4-8-45(54)48-29-39(15-23-56(48)73)44-21-17-40(59(62,63)64)31-52(44)61(68,69)70/h4-32H,1-2H3. The lowest BCUT2D eigenvalue weighted by molar-refractivity contribution is -0.143. The Morgan fingerprint density at radius 2 is 0.986 bits per heavy atom. The van der Waals surface area contributed by atoms with Crippen molar-refractivity contribution in [3.8, 4) is 62.0 Å². The first-order valence-corrected chi connectivity index (χ1v) is 23.0. The van der Waals surface area contributed by atoms with Gasteiger partial charge < -0.3 is 9.13 Å². The Balaban J connectivity index is 1.15. The lowest BCUT2D eigenvalue weighted by atomic mass is 9.93. The second-order valence-corrected chi connectivity index (χ2v) is 18.2. The summed E-state index contributed by atoms with van der Waals surface area (Å²) in [6, 6.07) is 49.2. The van der Waals surface area contributed by atoms with Gasteiger partial charge in [-0.25, -0.2) is 4.85 Å². The van der Waals surface area contributed by atoms with Gasteiger partial charge in [0.2, 0.25) is 0 Å². The van der Waals surface area contributed by atoms with E-state index in [0.717, 1.165) is 39.7 Å². The summed E-state index contributed by atoms with van der Waals surface area (Å²) in [6.45, 7) is 12.0. The molecule has 13 heteroatoms. The van der Waals surface area contributed by atoms with Crippen LogP contribution in [0.2, 0.25) is 0 Å². The van der Waals surface area contributed by atoms with Crippen LogP contribution in [0.3, 0.4) is 0 Å². The van der Waals surface area contributed by atoms with Crippen LogP contribution in [0.25, 0.3) is 104 Å². The molecule has 0 atom stereocenters. The van der Waals surface area contributed by atoms with Crippen molar-refractivity contribution in [2.75, 3.05) is 0 Å². The number of fused-ring (bicyclic) bond motifs is 6. The number of hydrogen-bond acceptors (Lipinski definition) is 1. The maximum atomic E-state index is 14.5. The van der Waals surface area contributed by atoms with Gasteiger partial charge in [0.1, 0.15) is 0 Å². The monoisotopic (exact) mass is 994 g/mol. The SMILES string of the molecule is [C-]#[N+]c1ccc(-n2c3ccccc3c3cc(-c4ccc(C(F)(F)F)cc4C(F)(F)F)ccc32)cc1-c1cc(-c2ccc(C#N)cc2C)ccc1-n1c2ccccc2c2cc(-c3ccc(C)cc3C(F)(F)F)ccc21. The summed E-state index contributed by atoms with van der Waals surface area (Å²) in [4.78, 5) is 4.00. The summed E-state index contributed by atoms with van der Waals surface area (Å²) in [7, 11) is 0. The van der Waals surface area contributed by atoms with E-state index in [1.807, 2.05) is 88.9 Å². The lowest BCUT2D eigenvalue weighted by Crippen LogP contribution is -2.12. The summed E-state index contributed by atoms with van der Waals surface area (Å²) in [6.07, 6.45) is -14.7. The number of aromatic nitrogens is 2. The van der Waals surface area contributed by atoms with Crippen LogP contribution in [0.1, 0.15) is 33.4 Å². The Kier molecular flexibility index (Phi) is 11.1. The Labute approximate surface area is 416 Å². The van der Waals surface area contributed by atoms with Crippen molar-refractivity contribution < 1.29 is 39.5 Å². The third-order valence-electron chi connectivity index (χ3n) is 13.7. The van der Waals surface area contributed by atoms with E-state index in [-0.39, 0.29) is 22.9 Å². The fourth-order valence-corrected chi connectivity index (χ4v) is 10.3. The van der Waals surface area contributed by atoms with Gasteiger partial charge in [0.15, 0.2) is 5.69 Å². The molecule has 4 nitrogen and oxygen atoms in total. The number of aryl methyl sites for hydroxylation is 2. The van der Waals surface area contributed by atoms with Crippen LogP contribution in [-0.4, -0.2) is 9.13 Å². The Hall–Kier alpha value is -9.07. The quantitative estimate of drug-likeness (QED) is 0.121. The number of hydrogen-bond donors (Lipinski definition) is 0. The zero-order valence-electron chi connectivity index (χ0n) is 38.9. The van der Waals surface area contributed by atoms with Gasteiger partial charge in [0.05, 0.1) is 62.6 Å². The molecular formula is C61H35F9N4. The second kappa shape index (κ2) is 17.3. The average molecular weight is 995 g/mol. The highest BCUT2D eigenvalue weighted by Gasteiger charge is 2.39. The molecule has 0 bridgehead atoms. The number of nitrogens with zero attached hydrogens (tertiary/aromatic N) is 4. The van der Waals surface area contributed by atoms with Crippen LogP contribution in [0, 0.1) is 31.8 Å². The van der Waals surface area contributed by atoms with Crippen LogP contribution >= 0.6 is 0 Å². The maximum Gasteiger partial charge on any atom is 0.417 e. The molecule has 362 valence electrons. The minimum Gasteiger partial charge on any atom is -0.309 e. The highest BCUT2D eigenvalue weighted by atomic mass is 19.4. The van der Waals surface area contributed by atoms with Gasteiger partial charge in [0, 0.05) is 27.2 Å². The first kappa shape index (κ1) is 47.3. The molecule has 9 aromatic carbocycles. The molecule has 0 aliphatic carbocycles. The van der Waals surface area contributed by atoms with Crippen LogP contribution in [-0.2, 0) is 18.5 Å². The van der Waals surface area contributed by atoms with Gasteiger partial charge in [0.25, 0.3) is 0 Å². The zero-order chi connectivity index (χ0) is 52.0. The van der Waals surface area contributed by atoms with Crippen molar-refractivity contribution in [3.63, 3.8) is 0 Å². The molecule has 11 aromatic rings. The molecule has 0 aliphatic heterocycles. The molecule has 0 N–H and O–H groups in total. The van der Waals surface area contributed by atoms with Crippen LogP contribution in [0.15, 0.2) is 176 Å². The molecular weight excluding hydrogens is 960 g/mol. The van der Waals surface area contributed by atoms with Gasteiger partial charge in [-0.15, -0.1) is 0 Å². The molecule has 11 rings (SSSR count). The van der Waals surface area contributed by atoms with E-state index in [1.165, 1.54) is 12.1 Å². The lowest BCUT2D eigenvalue weighted by Gasteiger charge is -2.19. The van der Waals surface area contributed by atoms with Crippen molar-refractivity contribution in [2.24, 2.45) is 0 Å². The fourth-order valence-electron chi connectivity index (χ4n) is 10.3. The number of para-hydroxylation sites is 2. The molecule has 0 aliphatic rings. The van der Waals surface area contributed by atoms with Gasteiger partial charge in [-0.3, -0.25) is 0 Å². The van der Waals surface area contributed by atoms with Gasteiger partial charge >= 0.3 is 18.5 Å². The van der Waals surface area contributed by atoms with Gasteiger partial charge in [-0.05, 0) is 155 Å². The zero-order valence-corrected chi connectivity index (χ0v) is 38.9. The number of nitriles is 1. The first-order chi connectivity index (χ1) is 35.3. The van der Waals surface area contributed by atoms with Crippen molar-refractivity contribution in [1.82, 2.24) is 9.13 Å². The largest absolute Gasteiger partial charge is 0.417 e. The molecule has 0 saturated carbocycles. The van der Waals surface area contributed by atoms with Crippen molar-refractivity contribution in [2.45, 2.75) is 32.4 Å². The van der Waals surface area contributed by atoms with Crippen LogP contribution in [0.4, 0.5) is 45.2 Å². The summed E-state index contributed by atoms with van der Waals surface area (Å²) in [5.41, 5.74) is 5.06. The smallest absolute Gasteiger partial charge is 0.309 e. The van der Waals surface area contributed by atoms with Crippen LogP contribution in [0.5, 0.6) is 0 Å². The second-order valence-electron chi connectivity index (χ2n) is 18.2. The minimum absolute atomic E-state index is 0.0371. The maximum absolute atomic E-state index is 14.5. The highest BCUT2D eigenvalue weighted by Crippen LogP contribution is 2.47. The molecule has 0 saturated heterocycles. The number of alkyl halides is 9. The predicted molar refractivity (Wildman–Crippen MR) is 272 cm³/mol. The Morgan fingerprint density at radius 1 is 0.446 bits per heavy atom. The van der Waals surface area contributed by atoms with Crippen LogP contribution < -0.4 is 0 Å². The third-order valence-corrected chi connectivity index (χ3v) is 13.7. The van der Waals surface area contributed by atoms with Gasteiger partial charge in [-0.2, -0.15) is 44.8 Å². The molecule has 2 heterocycles. The summed E-state index contributed by atoms with van der Waals surface area (Å²) in [5.74, 6) is 0. The topological polar surface area (TPSA) is 38.0 Å². The molecule has 2 aromatic heterocycles. The van der Waals surface area contributed by atoms with E-state index in [1.54, 1.807) is 73.7 Å².